The molecule has 1 aliphatic heterocycles. The van der Waals surface area contributed by atoms with Gasteiger partial charge in [0.25, 0.3) is 0 Å². The van der Waals surface area contributed by atoms with E-state index in [9.17, 15) is 0 Å². The highest BCUT2D eigenvalue weighted by Gasteiger charge is 2.16. The van der Waals surface area contributed by atoms with Gasteiger partial charge in [-0.05, 0) is 31.4 Å². The van der Waals surface area contributed by atoms with Crippen LogP contribution in [0.3, 0.4) is 0 Å². The zero-order chi connectivity index (χ0) is 13.9. The molecule has 6 heteroatoms. The van der Waals surface area contributed by atoms with Gasteiger partial charge in [-0.3, -0.25) is 0 Å². The van der Waals surface area contributed by atoms with Crippen LogP contribution in [0.2, 0.25) is 0 Å². The van der Waals surface area contributed by atoms with Gasteiger partial charge in [-0.2, -0.15) is 15.0 Å². The Morgan fingerprint density at radius 3 is 2.35 bits per heavy atom. The number of halogens is 1. The zero-order valence-corrected chi connectivity index (χ0v) is 12.7. The Labute approximate surface area is 126 Å². The highest BCUT2D eigenvalue weighted by Crippen LogP contribution is 2.22. The molecule has 104 valence electrons. The van der Waals surface area contributed by atoms with Crippen molar-refractivity contribution >= 4 is 27.8 Å². The fourth-order valence-electron chi connectivity index (χ4n) is 2.34. The van der Waals surface area contributed by atoms with Gasteiger partial charge >= 0.3 is 0 Å². The fourth-order valence-corrected chi connectivity index (χ4v) is 2.61. The lowest BCUT2D eigenvalue weighted by molar-refractivity contribution is 0.568. The van der Waals surface area contributed by atoms with Crippen molar-refractivity contribution < 1.29 is 0 Å². The molecule has 0 atom stereocenters. The summed E-state index contributed by atoms with van der Waals surface area (Å²) in [6.45, 7) is 1.98. The SMILES string of the molecule is Nc1nc(-c2ccc(Br)cc2)nc(N2CCCCC2)n1. The standard InChI is InChI=1S/C14H16BrN5/c15-11-6-4-10(5-7-11)12-17-13(16)19-14(18-12)20-8-2-1-3-9-20/h4-7H,1-3,8-9H2,(H2,16,17,18,19). The lowest BCUT2D eigenvalue weighted by Crippen LogP contribution is -2.31. The summed E-state index contributed by atoms with van der Waals surface area (Å²) in [6.07, 6.45) is 3.63. The number of nitrogen functional groups attached to an aromatic ring is 1. The molecule has 0 radical (unpaired) electrons. The van der Waals surface area contributed by atoms with Gasteiger partial charge < -0.3 is 10.6 Å². The molecule has 0 amide bonds. The predicted octanol–water partition coefficient (Wildman–Crippen LogP) is 2.87. The molecule has 20 heavy (non-hydrogen) atoms. The molecule has 0 bridgehead atoms. The average molecular weight is 334 g/mol. The monoisotopic (exact) mass is 333 g/mol. The van der Waals surface area contributed by atoms with Gasteiger partial charge in [0.05, 0.1) is 0 Å². The normalized spacial score (nSPS) is 15.3. The van der Waals surface area contributed by atoms with Gasteiger partial charge in [-0.25, -0.2) is 0 Å². The summed E-state index contributed by atoms with van der Waals surface area (Å²) in [4.78, 5) is 15.3. The summed E-state index contributed by atoms with van der Waals surface area (Å²) in [7, 11) is 0. The summed E-state index contributed by atoms with van der Waals surface area (Å²) < 4.78 is 1.03. The first-order valence-corrected chi connectivity index (χ1v) is 7.54. The number of anilines is 2. The molecule has 2 aromatic rings. The highest BCUT2D eigenvalue weighted by molar-refractivity contribution is 9.10. The predicted molar refractivity (Wildman–Crippen MR) is 83.4 cm³/mol. The molecular formula is C14H16BrN5. The summed E-state index contributed by atoms with van der Waals surface area (Å²) >= 11 is 3.42. The summed E-state index contributed by atoms with van der Waals surface area (Å²) in [5.74, 6) is 1.60. The van der Waals surface area contributed by atoms with E-state index in [0.29, 0.717) is 11.8 Å². The van der Waals surface area contributed by atoms with Gasteiger partial charge in [0.2, 0.25) is 11.9 Å². The lowest BCUT2D eigenvalue weighted by atomic mass is 10.1. The first-order valence-electron chi connectivity index (χ1n) is 6.75. The molecule has 1 fully saturated rings. The van der Waals surface area contributed by atoms with Gasteiger partial charge in [0, 0.05) is 23.1 Å². The molecule has 0 unspecified atom stereocenters. The van der Waals surface area contributed by atoms with E-state index in [0.717, 1.165) is 23.1 Å². The first kappa shape index (κ1) is 13.3. The first-order chi connectivity index (χ1) is 9.72. The molecule has 2 N–H and O–H groups in total. The zero-order valence-electron chi connectivity index (χ0n) is 11.1. The van der Waals surface area contributed by atoms with Crippen LogP contribution in [0.4, 0.5) is 11.9 Å². The van der Waals surface area contributed by atoms with Crippen molar-refractivity contribution in [3.8, 4) is 11.4 Å². The Bertz CT molecular complexity index is 593. The van der Waals surface area contributed by atoms with Crippen LogP contribution in [0.15, 0.2) is 28.7 Å². The third-order valence-corrected chi connectivity index (χ3v) is 3.91. The van der Waals surface area contributed by atoms with Crippen LogP contribution < -0.4 is 10.6 Å². The van der Waals surface area contributed by atoms with Crippen LogP contribution in [0.25, 0.3) is 11.4 Å². The summed E-state index contributed by atoms with van der Waals surface area (Å²) in [5.41, 5.74) is 6.78. The minimum absolute atomic E-state index is 0.276. The van der Waals surface area contributed by atoms with Gasteiger partial charge in [0.15, 0.2) is 5.82 Å². The van der Waals surface area contributed by atoms with Crippen molar-refractivity contribution in [2.24, 2.45) is 0 Å². The molecule has 0 saturated carbocycles. The molecule has 1 aliphatic rings. The van der Waals surface area contributed by atoms with Crippen LogP contribution in [-0.4, -0.2) is 28.0 Å². The maximum absolute atomic E-state index is 5.84. The molecular weight excluding hydrogens is 318 g/mol. The van der Waals surface area contributed by atoms with E-state index in [4.69, 9.17) is 5.73 Å². The third-order valence-electron chi connectivity index (χ3n) is 3.38. The summed E-state index contributed by atoms with van der Waals surface area (Å²) in [6, 6.07) is 7.88. The second-order valence-corrected chi connectivity index (χ2v) is 5.79. The molecule has 3 rings (SSSR count). The van der Waals surface area contributed by atoms with E-state index in [-0.39, 0.29) is 5.95 Å². The molecule has 2 heterocycles. The number of nitrogens with two attached hydrogens (primary N) is 1. The minimum Gasteiger partial charge on any atom is -0.368 e. The number of hydrogen-bond acceptors (Lipinski definition) is 5. The number of nitrogens with zero attached hydrogens (tertiary/aromatic N) is 4. The third kappa shape index (κ3) is 2.90. The van der Waals surface area contributed by atoms with Crippen LogP contribution in [0.1, 0.15) is 19.3 Å². The second kappa shape index (κ2) is 5.75. The average Bonchev–Trinajstić information content (AvgIpc) is 2.48. The van der Waals surface area contributed by atoms with Crippen LogP contribution >= 0.6 is 15.9 Å². The van der Waals surface area contributed by atoms with E-state index in [1.165, 1.54) is 19.3 Å². The van der Waals surface area contributed by atoms with Crippen molar-refractivity contribution in [1.29, 1.82) is 0 Å². The van der Waals surface area contributed by atoms with E-state index in [1.54, 1.807) is 0 Å². The van der Waals surface area contributed by atoms with Gasteiger partial charge in [0.1, 0.15) is 0 Å². The molecule has 0 aliphatic carbocycles. The van der Waals surface area contributed by atoms with E-state index < -0.39 is 0 Å². The van der Waals surface area contributed by atoms with E-state index >= 15 is 0 Å². The Hall–Kier alpha value is -1.69. The minimum atomic E-state index is 0.276. The van der Waals surface area contributed by atoms with Crippen LogP contribution in [-0.2, 0) is 0 Å². The van der Waals surface area contributed by atoms with E-state index in [2.05, 4.69) is 35.8 Å². The number of hydrogen-bond donors (Lipinski definition) is 1. The Kier molecular flexibility index (Phi) is 3.82. The Morgan fingerprint density at radius 2 is 1.65 bits per heavy atom. The number of benzene rings is 1. The Morgan fingerprint density at radius 1 is 0.950 bits per heavy atom. The smallest absolute Gasteiger partial charge is 0.230 e. The number of rotatable bonds is 2. The quantitative estimate of drug-likeness (QED) is 0.915. The topological polar surface area (TPSA) is 67.9 Å². The fraction of sp³-hybridized carbons (Fsp3) is 0.357. The van der Waals surface area contributed by atoms with Crippen molar-refractivity contribution in [2.45, 2.75) is 19.3 Å². The molecule has 0 spiro atoms. The van der Waals surface area contributed by atoms with Crippen molar-refractivity contribution in [3.05, 3.63) is 28.7 Å². The maximum atomic E-state index is 5.84. The van der Waals surface area contributed by atoms with Gasteiger partial charge in [-0.1, -0.05) is 28.1 Å². The van der Waals surface area contributed by atoms with Crippen molar-refractivity contribution in [2.75, 3.05) is 23.7 Å². The van der Waals surface area contributed by atoms with Crippen LogP contribution in [0, 0.1) is 0 Å². The largest absolute Gasteiger partial charge is 0.368 e. The lowest BCUT2D eigenvalue weighted by Gasteiger charge is -2.26. The number of piperidine rings is 1. The highest BCUT2D eigenvalue weighted by atomic mass is 79.9. The number of aromatic nitrogens is 3. The molecule has 1 saturated heterocycles. The van der Waals surface area contributed by atoms with E-state index in [1.807, 2.05) is 24.3 Å². The molecule has 5 nitrogen and oxygen atoms in total. The van der Waals surface area contributed by atoms with Crippen molar-refractivity contribution in [1.82, 2.24) is 15.0 Å². The van der Waals surface area contributed by atoms with Crippen molar-refractivity contribution in [3.63, 3.8) is 0 Å². The van der Waals surface area contributed by atoms with Crippen LogP contribution in [0.5, 0.6) is 0 Å². The Balaban J connectivity index is 1.95. The second-order valence-electron chi connectivity index (χ2n) is 4.87. The molecule has 1 aromatic heterocycles. The molecule has 1 aromatic carbocycles. The maximum Gasteiger partial charge on any atom is 0.230 e. The summed E-state index contributed by atoms with van der Waals surface area (Å²) in [5, 5.41) is 0. The van der Waals surface area contributed by atoms with Gasteiger partial charge in [-0.15, -0.1) is 0 Å².